The van der Waals surface area contributed by atoms with Crippen molar-refractivity contribution in [3.8, 4) is 11.1 Å². The summed E-state index contributed by atoms with van der Waals surface area (Å²) in [5, 5.41) is 0. The van der Waals surface area contributed by atoms with E-state index in [1.165, 1.54) is 16.8 Å². The van der Waals surface area contributed by atoms with E-state index in [0.29, 0.717) is 0 Å². The van der Waals surface area contributed by atoms with Gasteiger partial charge in [-0.25, -0.2) is 0 Å². The van der Waals surface area contributed by atoms with Crippen molar-refractivity contribution in [2.45, 2.75) is 13.8 Å². The molecular formula is C28H28N2. The van der Waals surface area contributed by atoms with Crippen LogP contribution in [0.1, 0.15) is 13.8 Å². The van der Waals surface area contributed by atoms with Gasteiger partial charge in [-0.15, -0.1) is 0 Å². The molecule has 0 aliphatic carbocycles. The van der Waals surface area contributed by atoms with Gasteiger partial charge in [0.1, 0.15) is 0 Å². The van der Waals surface area contributed by atoms with Gasteiger partial charge in [-0.3, -0.25) is 0 Å². The molecule has 0 aliphatic rings. The summed E-state index contributed by atoms with van der Waals surface area (Å²) in [6, 6.07) is 38.7. The van der Waals surface area contributed by atoms with Gasteiger partial charge in [0.2, 0.25) is 0 Å². The number of para-hydroxylation sites is 2. The van der Waals surface area contributed by atoms with Crippen LogP contribution in [0, 0.1) is 0 Å². The van der Waals surface area contributed by atoms with Crippen molar-refractivity contribution in [1.29, 1.82) is 0 Å². The van der Waals surface area contributed by atoms with Crippen LogP contribution in [0.4, 0.5) is 22.7 Å². The predicted molar refractivity (Wildman–Crippen MR) is 130 cm³/mol. The van der Waals surface area contributed by atoms with Gasteiger partial charge in [0.05, 0.1) is 0 Å². The Labute approximate surface area is 180 Å². The highest BCUT2D eigenvalue weighted by Crippen LogP contribution is 2.35. The monoisotopic (exact) mass is 392 g/mol. The summed E-state index contributed by atoms with van der Waals surface area (Å²) < 4.78 is 0. The summed E-state index contributed by atoms with van der Waals surface area (Å²) in [6.45, 7) is 6.45. The maximum Gasteiger partial charge on any atom is 0.0462 e. The van der Waals surface area contributed by atoms with Crippen LogP contribution in [0.3, 0.4) is 0 Å². The van der Waals surface area contributed by atoms with Crippen LogP contribution in [0.2, 0.25) is 0 Å². The first-order chi connectivity index (χ1) is 14.8. The molecule has 0 aliphatic heterocycles. The SMILES string of the molecule is CCN(CC)c1ccc(-c2ccc(N(c3ccccc3)c3ccccc3)cc2)cc1. The van der Waals surface area contributed by atoms with E-state index in [9.17, 15) is 0 Å². The standard InChI is InChI=1S/C28H28N2/c1-3-29(4-2)25-19-15-23(16-20-25)24-17-21-28(22-18-24)30(26-11-7-5-8-12-26)27-13-9-6-10-14-27/h5-22H,3-4H2,1-2H3. The third-order valence-corrected chi connectivity index (χ3v) is 5.48. The zero-order valence-corrected chi connectivity index (χ0v) is 17.7. The number of benzene rings is 4. The van der Waals surface area contributed by atoms with Gasteiger partial charge in [-0.05, 0) is 73.5 Å². The highest BCUT2D eigenvalue weighted by Gasteiger charge is 2.12. The molecule has 0 fully saturated rings. The molecule has 0 saturated heterocycles. The average Bonchev–Trinajstić information content (AvgIpc) is 2.82. The molecule has 30 heavy (non-hydrogen) atoms. The lowest BCUT2D eigenvalue weighted by Crippen LogP contribution is -2.21. The van der Waals surface area contributed by atoms with Crippen LogP contribution >= 0.6 is 0 Å². The fourth-order valence-corrected chi connectivity index (χ4v) is 3.86. The summed E-state index contributed by atoms with van der Waals surface area (Å²) in [7, 11) is 0. The van der Waals surface area contributed by atoms with E-state index in [1.54, 1.807) is 0 Å². The summed E-state index contributed by atoms with van der Waals surface area (Å²) >= 11 is 0. The summed E-state index contributed by atoms with van der Waals surface area (Å²) in [6.07, 6.45) is 0. The molecule has 4 aromatic rings. The van der Waals surface area contributed by atoms with Crippen LogP contribution in [0.25, 0.3) is 11.1 Å². The molecule has 0 amide bonds. The smallest absolute Gasteiger partial charge is 0.0462 e. The second kappa shape index (κ2) is 9.32. The third kappa shape index (κ3) is 4.23. The first kappa shape index (κ1) is 19.8. The minimum Gasteiger partial charge on any atom is -0.372 e. The number of nitrogens with zero attached hydrogens (tertiary/aromatic N) is 2. The fourth-order valence-electron chi connectivity index (χ4n) is 3.86. The van der Waals surface area contributed by atoms with Gasteiger partial charge in [-0.2, -0.15) is 0 Å². The van der Waals surface area contributed by atoms with Crippen LogP contribution in [-0.4, -0.2) is 13.1 Å². The third-order valence-electron chi connectivity index (χ3n) is 5.48. The van der Waals surface area contributed by atoms with Crippen molar-refractivity contribution in [2.24, 2.45) is 0 Å². The zero-order chi connectivity index (χ0) is 20.8. The molecule has 0 heterocycles. The van der Waals surface area contributed by atoms with E-state index >= 15 is 0 Å². The highest BCUT2D eigenvalue weighted by molar-refractivity contribution is 5.78. The first-order valence-corrected chi connectivity index (χ1v) is 10.7. The minimum absolute atomic E-state index is 1.03. The van der Waals surface area contributed by atoms with Gasteiger partial charge in [0.15, 0.2) is 0 Å². The average molecular weight is 393 g/mol. The summed E-state index contributed by atoms with van der Waals surface area (Å²) in [5.41, 5.74) is 7.20. The molecule has 0 atom stereocenters. The van der Waals surface area contributed by atoms with Gasteiger partial charge < -0.3 is 9.80 Å². The second-order valence-corrected chi connectivity index (χ2v) is 7.27. The van der Waals surface area contributed by atoms with Crippen molar-refractivity contribution in [1.82, 2.24) is 0 Å². The topological polar surface area (TPSA) is 6.48 Å². The van der Waals surface area contributed by atoms with E-state index in [1.807, 2.05) is 0 Å². The van der Waals surface area contributed by atoms with E-state index in [4.69, 9.17) is 0 Å². The van der Waals surface area contributed by atoms with Crippen LogP contribution in [0.5, 0.6) is 0 Å². The molecule has 150 valence electrons. The molecule has 0 saturated carbocycles. The number of anilines is 4. The van der Waals surface area contributed by atoms with Crippen molar-refractivity contribution < 1.29 is 0 Å². The Morgan fingerprint density at radius 2 is 0.800 bits per heavy atom. The van der Waals surface area contributed by atoms with Crippen LogP contribution in [-0.2, 0) is 0 Å². The van der Waals surface area contributed by atoms with Gasteiger partial charge in [0.25, 0.3) is 0 Å². The van der Waals surface area contributed by atoms with Crippen molar-refractivity contribution in [3.05, 3.63) is 109 Å². The number of hydrogen-bond acceptors (Lipinski definition) is 2. The summed E-state index contributed by atoms with van der Waals surface area (Å²) in [4.78, 5) is 4.65. The van der Waals surface area contributed by atoms with Gasteiger partial charge in [-0.1, -0.05) is 60.7 Å². The highest BCUT2D eigenvalue weighted by atomic mass is 15.1. The Morgan fingerprint density at radius 3 is 1.20 bits per heavy atom. The molecule has 2 nitrogen and oxygen atoms in total. The summed E-state index contributed by atoms with van der Waals surface area (Å²) in [5.74, 6) is 0. The lowest BCUT2D eigenvalue weighted by Gasteiger charge is -2.25. The Hall–Kier alpha value is -3.52. The zero-order valence-electron chi connectivity index (χ0n) is 17.7. The number of rotatable bonds is 7. The van der Waals surface area contributed by atoms with E-state index in [0.717, 1.165) is 30.2 Å². The molecule has 0 N–H and O–H groups in total. The maximum atomic E-state index is 2.37. The lowest BCUT2D eigenvalue weighted by atomic mass is 10.0. The van der Waals surface area contributed by atoms with Crippen molar-refractivity contribution >= 4 is 22.7 Å². The van der Waals surface area contributed by atoms with Gasteiger partial charge >= 0.3 is 0 Å². The van der Waals surface area contributed by atoms with E-state index < -0.39 is 0 Å². The molecule has 4 rings (SSSR count). The maximum absolute atomic E-state index is 2.37. The molecule has 2 heteroatoms. The Morgan fingerprint density at radius 1 is 0.433 bits per heavy atom. The van der Waals surface area contributed by atoms with Crippen molar-refractivity contribution in [2.75, 3.05) is 22.9 Å². The van der Waals surface area contributed by atoms with Crippen molar-refractivity contribution in [3.63, 3.8) is 0 Å². The second-order valence-electron chi connectivity index (χ2n) is 7.27. The van der Waals surface area contributed by atoms with E-state index in [-0.39, 0.29) is 0 Å². The molecule has 0 unspecified atom stereocenters. The molecule has 4 aromatic carbocycles. The van der Waals surface area contributed by atoms with Crippen LogP contribution < -0.4 is 9.80 Å². The van der Waals surface area contributed by atoms with Gasteiger partial charge in [0, 0.05) is 35.8 Å². The molecule has 0 radical (unpaired) electrons. The quantitative estimate of drug-likeness (QED) is 0.318. The molecule has 0 bridgehead atoms. The number of hydrogen-bond donors (Lipinski definition) is 0. The Kier molecular flexibility index (Phi) is 6.14. The molecular weight excluding hydrogens is 364 g/mol. The van der Waals surface area contributed by atoms with E-state index in [2.05, 4.69) is 133 Å². The Balaban J connectivity index is 1.64. The first-order valence-electron chi connectivity index (χ1n) is 10.7. The minimum atomic E-state index is 1.03. The fraction of sp³-hybridized carbons (Fsp3) is 0.143. The molecule has 0 aromatic heterocycles. The lowest BCUT2D eigenvalue weighted by molar-refractivity contribution is 0.866. The predicted octanol–water partition coefficient (Wildman–Crippen LogP) is 7.67. The van der Waals surface area contributed by atoms with Crippen LogP contribution in [0.15, 0.2) is 109 Å². The Bertz CT molecular complexity index is 996. The largest absolute Gasteiger partial charge is 0.372 e. The molecule has 0 spiro atoms. The normalized spacial score (nSPS) is 10.6.